The third-order valence-electron chi connectivity index (χ3n) is 4.87. The summed E-state index contributed by atoms with van der Waals surface area (Å²) in [5.41, 5.74) is 1.90. The zero-order chi connectivity index (χ0) is 19.2. The van der Waals surface area contributed by atoms with Crippen molar-refractivity contribution in [3.8, 4) is 0 Å². The van der Waals surface area contributed by atoms with Crippen LogP contribution in [0.5, 0.6) is 0 Å². The van der Waals surface area contributed by atoms with Crippen LogP contribution in [0.3, 0.4) is 0 Å². The molecule has 0 aliphatic carbocycles. The second-order valence-corrected chi connectivity index (χ2v) is 6.61. The van der Waals surface area contributed by atoms with Gasteiger partial charge in [-0.05, 0) is 48.5 Å². The first-order valence-electron chi connectivity index (χ1n) is 9.21. The summed E-state index contributed by atoms with van der Waals surface area (Å²) < 4.78 is 12.9. The molecule has 3 rings (SSSR count). The van der Waals surface area contributed by atoms with Gasteiger partial charge < -0.3 is 15.1 Å². The highest BCUT2D eigenvalue weighted by Gasteiger charge is 2.21. The summed E-state index contributed by atoms with van der Waals surface area (Å²) in [6.07, 6.45) is 0. The molecule has 1 aliphatic heterocycles. The molecule has 0 radical (unpaired) electrons. The summed E-state index contributed by atoms with van der Waals surface area (Å²) in [5.74, 6) is -0.527. The molecule has 0 saturated carbocycles. The van der Waals surface area contributed by atoms with E-state index in [9.17, 15) is 14.0 Å². The van der Waals surface area contributed by atoms with Gasteiger partial charge in [-0.25, -0.2) is 4.39 Å². The molecule has 1 fully saturated rings. The zero-order valence-electron chi connectivity index (χ0n) is 15.5. The van der Waals surface area contributed by atoms with E-state index in [-0.39, 0.29) is 17.6 Å². The van der Waals surface area contributed by atoms with E-state index >= 15 is 0 Å². The van der Waals surface area contributed by atoms with Gasteiger partial charge in [-0.2, -0.15) is 0 Å². The lowest BCUT2D eigenvalue weighted by Crippen LogP contribution is -2.48. The van der Waals surface area contributed by atoms with E-state index < -0.39 is 0 Å². The predicted molar refractivity (Wildman–Crippen MR) is 102 cm³/mol. The van der Waals surface area contributed by atoms with Crippen LogP contribution in [0.15, 0.2) is 48.5 Å². The Labute approximate surface area is 158 Å². The van der Waals surface area contributed by atoms with Crippen LogP contribution >= 0.6 is 0 Å². The maximum Gasteiger partial charge on any atom is 0.253 e. The number of hydrogen-bond acceptors (Lipinski definition) is 3. The largest absolute Gasteiger partial charge is 0.348 e. The number of halogens is 1. The number of hydrogen-bond donors (Lipinski definition) is 1. The molecule has 1 heterocycles. The number of nitrogens with zero attached hydrogens (tertiary/aromatic N) is 2. The fourth-order valence-electron chi connectivity index (χ4n) is 3.10. The Bertz CT molecular complexity index is 782. The van der Waals surface area contributed by atoms with E-state index in [2.05, 4.69) is 17.1 Å². The van der Waals surface area contributed by atoms with E-state index in [0.29, 0.717) is 17.7 Å². The molecular weight excluding hydrogens is 345 g/mol. The summed E-state index contributed by atoms with van der Waals surface area (Å²) in [4.78, 5) is 29.0. The zero-order valence-corrected chi connectivity index (χ0v) is 15.5. The van der Waals surface area contributed by atoms with E-state index in [1.54, 1.807) is 36.4 Å². The molecule has 1 aliphatic rings. The Kier molecular flexibility index (Phi) is 6.19. The molecular formula is C21H24FN3O2. The SMILES string of the molecule is CCN1CCN(C(=O)c2ccc(C(=O)NCc3ccc(F)cc3)cc2)CC1. The molecule has 0 spiro atoms. The number of carbonyl (C=O) groups is 2. The first kappa shape index (κ1) is 19.0. The smallest absolute Gasteiger partial charge is 0.253 e. The number of rotatable bonds is 5. The van der Waals surface area contributed by atoms with Gasteiger partial charge in [0.05, 0.1) is 0 Å². The molecule has 1 saturated heterocycles. The molecule has 0 aromatic heterocycles. The second-order valence-electron chi connectivity index (χ2n) is 6.61. The molecule has 6 heteroatoms. The Balaban J connectivity index is 1.55. The molecule has 2 aromatic rings. The van der Waals surface area contributed by atoms with Gasteiger partial charge in [-0.1, -0.05) is 19.1 Å². The normalized spacial score (nSPS) is 14.8. The molecule has 0 atom stereocenters. The average Bonchev–Trinajstić information content (AvgIpc) is 2.73. The summed E-state index contributed by atoms with van der Waals surface area (Å²) in [6.45, 7) is 6.69. The van der Waals surface area contributed by atoms with E-state index in [1.165, 1.54) is 12.1 Å². The lowest BCUT2D eigenvalue weighted by Gasteiger charge is -2.34. The van der Waals surface area contributed by atoms with Gasteiger partial charge in [0.25, 0.3) is 11.8 Å². The van der Waals surface area contributed by atoms with Crippen molar-refractivity contribution in [2.24, 2.45) is 0 Å². The predicted octanol–water partition coefficient (Wildman–Crippen LogP) is 2.53. The number of amides is 2. The van der Waals surface area contributed by atoms with Crippen molar-refractivity contribution < 1.29 is 14.0 Å². The van der Waals surface area contributed by atoms with Crippen molar-refractivity contribution in [3.63, 3.8) is 0 Å². The van der Waals surface area contributed by atoms with Crippen molar-refractivity contribution in [1.82, 2.24) is 15.1 Å². The van der Waals surface area contributed by atoms with Gasteiger partial charge in [-0.15, -0.1) is 0 Å². The highest BCUT2D eigenvalue weighted by Crippen LogP contribution is 2.11. The third kappa shape index (κ3) is 4.92. The molecule has 5 nitrogen and oxygen atoms in total. The second kappa shape index (κ2) is 8.77. The molecule has 2 aromatic carbocycles. The minimum Gasteiger partial charge on any atom is -0.348 e. The minimum absolute atomic E-state index is 0.00373. The Hall–Kier alpha value is -2.73. The van der Waals surface area contributed by atoms with Crippen LogP contribution in [0.4, 0.5) is 4.39 Å². The maximum atomic E-state index is 12.9. The first-order chi connectivity index (χ1) is 13.1. The van der Waals surface area contributed by atoms with Crippen LogP contribution in [-0.4, -0.2) is 54.3 Å². The van der Waals surface area contributed by atoms with Crippen LogP contribution in [-0.2, 0) is 6.54 Å². The Morgan fingerprint density at radius 3 is 2.11 bits per heavy atom. The van der Waals surface area contributed by atoms with Crippen LogP contribution in [0.1, 0.15) is 33.2 Å². The number of carbonyl (C=O) groups excluding carboxylic acids is 2. The van der Waals surface area contributed by atoms with Crippen LogP contribution in [0, 0.1) is 5.82 Å². The summed E-state index contributed by atoms with van der Waals surface area (Å²) in [6, 6.07) is 12.7. The Morgan fingerprint density at radius 2 is 1.52 bits per heavy atom. The van der Waals surface area contributed by atoms with Gasteiger partial charge in [0, 0.05) is 43.9 Å². The van der Waals surface area contributed by atoms with Gasteiger partial charge in [0.2, 0.25) is 0 Å². The lowest BCUT2D eigenvalue weighted by molar-refractivity contribution is 0.0643. The summed E-state index contributed by atoms with van der Waals surface area (Å²) in [5, 5.41) is 2.80. The standard InChI is InChI=1S/C21H24FN3O2/c1-2-24-11-13-25(14-12-24)21(27)18-7-5-17(6-8-18)20(26)23-15-16-3-9-19(22)10-4-16/h3-10H,2,11-15H2,1H3,(H,23,26). The summed E-state index contributed by atoms with van der Waals surface area (Å²) in [7, 11) is 0. The van der Waals surface area contributed by atoms with Crippen molar-refractivity contribution in [1.29, 1.82) is 0 Å². The fourth-order valence-corrected chi connectivity index (χ4v) is 3.10. The number of benzene rings is 2. The monoisotopic (exact) mass is 369 g/mol. The highest BCUT2D eigenvalue weighted by atomic mass is 19.1. The molecule has 0 unspecified atom stereocenters. The van der Waals surface area contributed by atoms with Gasteiger partial charge in [0.1, 0.15) is 5.82 Å². The Morgan fingerprint density at radius 1 is 0.926 bits per heavy atom. The average molecular weight is 369 g/mol. The quantitative estimate of drug-likeness (QED) is 0.881. The number of nitrogens with one attached hydrogen (secondary N) is 1. The molecule has 0 bridgehead atoms. The van der Waals surface area contributed by atoms with Crippen LogP contribution < -0.4 is 5.32 Å². The van der Waals surface area contributed by atoms with Gasteiger partial charge >= 0.3 is 0 Å². The molecule has 2 amide bonds. The number of likely N-dealkylation sites (N-methyl/N-ethyl adjacent to an activating group) is 1. The maximum absolute atomic E-state index is 12.9. The molecule has 1 N–H and O–H groups in total. The van der Waals surface area contributed by atoms with Crippen molar-refractivity contribution in [2.75, 3.05) is 32.7 Å². The van der Waals surface area contributed by atoms with Crippen molar-refractivity contribution in [3.05, 3.63) is 71.0 Å². The molecule has 142 valence electrons. The molecule has 27 heavy (non-hydrogen) atoms. The minimum atomic E-state index is -0.304. The summed E-state index contributed by atoms with van der Waals surface area (Å²) >= 11 is 0. The highest BCUT2D eigenvalue weighted by molar-refractivity contribution is 5.97. The van der Waals surface area contributed by atoms with E-state index in [1.807, 2.05) is 4.90 Å². The van der Waals surface area contributed by atoms with Crippen LogP contribution in [0.2, 0.25) is 0 Å². The fraction of sp³-hybridized carbons (Fsp3) is 0.333. The third-order valence-corrected chi connectivity index (χ3v) is 4.87. The lowest BCUT2D eigenvalue weighted by atomic mass is 10.1. The van der Waals surface area contributed by atoms with Crippen molar-refractivity contribution in [2.45, 2.75) is 13.5 Å². The number of piperazine rings is 1. The van der Waals surface area contributed by atoms with E-state index in [0.717, 1.165) is 38.3 Å². The van der Waals surface area contributed by atoms with E-state index in [4.69, 9.17) is 0 Å². The first-order valence-corrected chi connectivity index (χ1v) is 9.21. The van der Waals surface area contributed by atoms with Gasteiger partial charge in [-0.3, -0.25) is 9.59 Å². The topological polar surface area (TPSA) is 52.7 Å². The van der Waals surface area contributed by atoms with Crippen molar-refractivity contribution >= 4 is 11.8 Å². The van der Waals surface area contributed by atoms with Crippen LogP contribution in [0.25, 0.3) is 0 Å². The van der Waals surface area contributed by atoms with Gasteiger partial charge in [0.15, 0.2) is 0 Å².